The number of hydrogen-bond acceptors (Lipinski definition) is 5. The Balaban J connectivity index is 1.64. The molecule has 11 heteroatoms. The van der Waals surface area contributed by atoms with Crippen LogP contribution in [0.1, 0.15) is 44.9 Å². The van der Waals surface area contributed by atoms with E-state index in [1.165, 1.54) is 34.1 Å². The monoisotopic (exact) mass is 444 g/mol. The third kappa shape index (κ3) is 3.77. The average molecular weight is 444 g/mol. The Morgan fingerprint density at radius 3 is 2.53 bits per heavy atom. The molecule has 0 radical (unpaired) electrons. The highest BCUT2D eigenvalue weighted by atomic mass is 19.4. The van der Waals surface area contributed by atoms with E-state index in [4.69, 9.17) is 5.73 Å². The first kappa shape index (κ1) is 21.3. The van der Waals surface area contributed by atoms with Crippen molar-refractivity contribution in [3.05, 3.63) is 65.1 Å². The second-order valence-corrected chi connectivity index (χ2v) is 7.54. The number of halogens is 3. The molecule has 3 heterocycles. The maximum Gasteiger partial charge on any atom is 0.416 e. The minimum atomic E-state index is -4.47. The van der Waals surface area contributed by atoms with Crippen molar-refractivity contribution in [2.75, 3.05) is 22.5 Å². The Bertz CT molecular complexity index is 1200. The van der Waals surface area contributed by atoms with E-state index in [0.717, 1.165) is 12.1 Å². The van der Waals surface area contributed by atoms with Gasteiger partial charge in [-0.3, -0.25) is 14.3 Å². The van der Waals surface area contributed by atoms with Gasteiger partial charge in [-0.05, 0) is 49.7 Å². The molecule has 4 rings (SSSR count). The molecule has 8 nitrogen and oxygen atoms in total. The summed E-state index contributed by atoms with van der Waals surface area (Å²) in [5.41, 5.74) is 6.37. The van der Waals surface area contributed by atoms with Crippen molar-refractivity contribution in [2.24, 2.45) is 0 Å². The molecule has 3 aromatic rings. The molecule has 0 aliphatic carbocycles. The maximum absolute atomic E-state index is 13.2. The van der Waals surface area contributed by atoms with Gasteiger partial charge in [-0.25, -0.2) is 4.98 Å². The van der Waals surface area contributed by atoms with E-state index in [9.17, 15) is 22.8 Å². The highest BCUT2D eigenvalue weighted by Gasteiger charge is 2.35. The van der Waals surface area contributed by atoms with Gasteiger partial charge in [-0.2, -0.15) is 18.3 Å². The zero-order chi connectivity index (χ0) is 23.2. The van der Waals surface area contributed by atoms with Gasteiger partial charge in [0.15, 0.2) is 5.69 Å². The lowest BCUT2D eigenvalue weighted by Crippen LogP contribution is -2.43. The van der Waals surface area contributed by atoms with Gasteiger partial charge in [0.1, 0.15) is 5.82 Å². The number of nitrogen functional groups attached to an aromatic ring is 1. The van der Waals surface area contributed by atoms with E-state index in [1.807, 2.05) is 6.92 Å². The summed E-state index contributed by atoms with van der Waals surface area (Å²) in [6.07, 6.45) is -1.75. The van der Waals surface area contributed by atoms with Crippen LogP contribution in [-0.2, 0) is 6.18 Å². The van der Waals surface area contributed by atoms with Gasteiger partial charge in [0, 0.05) is 18.4 Å². The molecule has 0 saturated carbocycles. The number of pyridine rings is 1. The Kier molecular flexibility index (Phi) is 5.11. The third-order valence-electron chi connectivity index (χ3n) is 5.24. The van der Waals surface area contributed by atoms with Crippen LogP contribution in [0.2, 0.25) is 0 Å². The maximum atomic E-state index is 13.2. The predicted octanol–water partition coefficient (Wildman–Crippen LogP) is 3.66. The van der Waals surface area contributed by atoms with Gasteiger partial charge in [-0.1, -0.05) is 0 Å². The van der Waals surface area contributed by atoms with Gasteiger partial charge >= 0.3 is 6.18 Å². The van der Waals surface area contributed by atoms with Crippen LogP contribution in [-0.4, -0.2) is 33.1 Å². The largest absolute Gasteiger partial charge is 0.416 e. The molecule has 166 valence electrons. The van der Waals surface area contributed by atoms with E-state index in [2.05, 4.69) is 15.4 Å². The number of hydrogen-bond donors (Lipinski definition) is 2. The number of aryl methyl sites for hydroxylation is 1. The first-order chi connectivity index (χ1) is 15.1. The van der Waals surface area contributed by atoms with Gasteiger partial charge in [0.25, 0.3) is 11.8 Å². The van der Waals surface area contributed by atoms with Crippen molar-refractivity contribution in [3.63, 3.8) is 0 Å². The first-order valence-corrected chi connectivity index (χ1v) is 9.66. The van der Waals surface area contributed by atoms with Crippen LogP contribution in [0.25, 0.3) is 0 Å². The molecule has 0 bridgehead atoms. The summed E-state index contributed by atoms with van der Waals surface area (Å²) in [7, 11) is 0. The fourth-order valence-electron chi connectivity index (χ4n) is 3.61. The number of aromatic nitrogens is 3. The molecule has 0 spiro atoms. The highest BCUT2D eigenvalue weighted by molar-refractivity contribution is 6.13. The third-order valence-corrected chi connectivity index (χ3v) is 5.24. The number of nitrogens with zero attached hydrogens (tertiary/aromatic N) is 4. The fraction of sp³-hybridized carbons (Fsp3) is 0.238. The number of carbonyl (C=O) groups excluding carboxylic acids is 2. The number of carbonyl (C=O) groups is 2. The number of anilines is 3. The van der Waals surface area contributed by atoms with Gasteiger partial charge in [0.05, 0.1) is 29.1 Å². The summed E-state index contributed by atoms with van der Waals surface area (Å²) >= 11 is 0. The SMILES string of the molecule is Cc1cc(N)ncc1C(=O)Nc1cnn2c1C(=O)N(c1ccc(C(F)(F)F)cc1)C[C@@H]2C. The van der Waals surface area contributed by atoms with Crippen molar-refractivity contribution in [1.29, 1.82) is 0 Å². The Morgan fingerprint density at radius 2 is 1.91 bits per heavy atom. The number of nitrogens with one attached hydrogen (secondary N) is 1. The Morgan fingerprint density at radius 1 is 1.22 bits per heavy atom. The summed E-state index contributed by atoms with van der Waals surface area (Å²) in [6, 6.07) is 5.65. The molecule has 1 aliphatic rings. The molecule has 2 aromatic heterocycles. The zero-order valence-electron chi connectivity index (χ0n) is 17.1. The molecule has 1 atom stereocenters. The number of rotatable bonds is 3. The van der Waals surface area contributed by atoms with E-state index in [-0.39, 0.29) is 35.3 Å². The van der Waals surface area contributed by atoms with E-state index >= 15 is 0 Å². The molecule has 1 aromatic carbocycles. The zero-order valence-corrected chi connectivity index (χ0v) is 17.1. The number of alkyl halides is 3. The molecule has 0 unspecified atom stereocenters. The molecule has 32 heavy (non-hydrogen) atoms. The lowest BCUT2D eigenvalue weighted by atomic mass is 10.1. The van der Waals surface area contributed by atoms with Crippen LogP contribution < -0.4 is 16.0 Å². The van der Waals surface area contributed by atoms with Gasteiger partial charge < -0.3 is 16.0 Å². The lowest BCUT2D eigenvalue weighted by molar-refractivity contribution is -0.137. The molecular weight excluding hydrogens is 425 g/mol. The Labute approximate surface area is 180 Å². The van der Waals surface area contributed by atoms with Crippen LogP contribution in [0.3, 0.4) is 0 Å². The van der Waals surface area contributed by atoms with Crippen LogP contribution >= 0.6 is 0 Å². The van der Waals surface area contributed by atoms with Crippen molar-refractivity contribution in [1.82, 2.24) is 14.8 Å². The molecular formula is C21H19F3N6O2. The summed E-state index contributed by atoms with van der Waals surface area (Å²) in [5, 5.41) is 6.90. The van der Waals surface area contributed by atoms with Crippen molar-refractivity contribution < 1.29 is 22.8 Å². The van der Waals surface area contributed by atoms with E-state index < -0.39 is 23.6 Å². The quantitative estimate of drug-likeness (QED) is 0.641. The van der Waals surface area contributed by atoms with Crippen molar-refractivity contribution in [3.8, 4) is 0 Å². The lowest BCUT2D eigenvalue weighted by Gasteiger charge is -2.32. The van der Waals surface area contributed by atoms with Crippen LogP contribution in [0.4, 0.5) is 30.4 Å². The van der Waals surface area contributed by atoms with Crippen molar-refractivity contribution >= 4 is 29.0 Å². The molecule has 1 aliphatic heterocycles. The summed E-state index contributed by atoms with van der Waals surface area (Å²) in [4.78, 5) is 31.2. The second kappa shape index (κ2) is 7.66. The van der Waals surface area contributed by atoms with Gasteiger partial charge in [0.2, 0.25) is 0 Å². The molecule has 3 N–H and O–H groups in total. The number of benzene rings is 1. The second-order valence-electron chi connectivity index (χ2n) is 7.54. The highest BCUT2D eigenvalue weighted by Crippen LogP contribution is 2.33. The van der Waals surface area contributed by atoms with Crippen molar-refractivity contribution in [2.45, 2.75) is 26.1 Å². The number of nitrogens with two attached hydrogens (primary N) is 1. The molecule has 2 amide bonds. The van der Waals surface area contributed by atoms with E-state index in [1.54, 1.807) is 13.0 Å². The number of fused-ring (bicyclic) bond motifs is 1. The smallest absolute Gasteiger partial charge is 0.384 e. The number of amides is 2. The van der Waals surface area contributed by atoms with Crippen LogP contribution in [0, 0.1) is 6.92 Å². The summed E-state index contributed by atoms with van der Waals surface area (Å²) < 4.78 is 40.1. The first-order valence-electron chi connectivity index (χ1n) is 9.66. The molecule has 0 saturated heterocycles. The van der Waals surface area contributed by atoms with E-state index in [0.29, 0.717) is 11.3 Å². The Hall–Kier alpha value is -3.89. The topological polar surface area (TPSA) is 106 Å². The average Bonchev–Trinajstić information content (AvgIpc) is 3.14. The summed E-state index contributed by atoms with van der Waals surface area (Å²) in [5.74, 6) is -0.695. The van der Waals surface area contributed by atoms with Crippen LogP contribution in [0.15, 0.2) is 42.7 Å². The normalized spacial score (nSPS) is 16.1. The predicted molar refractivity (Wildman–Crippen MR) is 111 cm³/mol. The van der Waals surface area contributed by atoms with Crippen LogP contribution in [0.5, 0.6) is 0 Å². The van der Waals surface area contributed by atoms with Gasteiger partial charge in [-0.15, -0.1) is 0 Å². The standard InChI is InChI=1S/C21H19F3N6O2/c1-11-7-17(25)26-8-15(11)19(31)28-16-9-27-30-12(2)10-29(20(32)18(16)30)14-5-3-13(4-6-14)21(22,23)24/h3-9,12H,10H2,1-2H3,(H2,25,26)(H,28,31)/t12-/m0/s1. The minimum absolute atomic E-state index is 0.137. The minimum Gasteiger partial charge on any atom is -0.384 e. The fourth-order valence-corrected chi connectivity index (χ4v) is 3.61. The summed E-state index contributed by atoms with van der Waals surface area (Å²) in [6.45, 7) is 3.74. The molecule has 0 fully saturated rings.